The van der Waals surface area contributed by atoms with Gasteiger partial charge in [0.2, 0.25) is 17.7 Å². The van der Waals surface area contributed by atoms with Gasteiger partial charge in [0.15, 0.2) is 0 Å². The largest absolute Gasteiger partial charge is 0.633 e. The van der Waals surface area contributed by atoms with Gasteiger partial charge in [0.25, 0.3) is 0 Å². The fraction of sp³-hybridized carbons (Fsp3) is 0.903. The number of amides is 3. The van der Waals surface area contributed by atoms with E-state index in [1.165, 1.54) is 96.3 Å². The summed E-state index contributed by atoms with van der Waals surface area (Å²) in [5.74, 6) is -0.781. The monoisotopic (exact) mass is 569 g/mol. The number of nitrogens with two attached hydrogens (primary N) is 1. The summed E-state index contributed by atoms with van der Waals surface area (Å²) in [5.41, 5.74) is 5.10. The third-order valence-electron chi connectivity index (χ3n) is 7.24. The Morgan fingerprint density at radius 1 is 0.675 bits per heavy atom. The van der Waals surface area contributed by atoms with Crippen LogP contribution in [-0.4, -0.2) is 62.3 Å². The zero-order valence-corrected chi connectivity index (χ0v) is 26.2. The van der Waals surface area contributed by atoms with Gasteiger partial charge < -0.3 is 26.2 Å². The van der Waals surface area contributed by atoms with Gasteiger partial charge in [-0.05, 0) is 6.42 Å². The van der Waals surface area contributed by atoms with Gasteiger partial charge in [-0.25, -0.2) is 0 Å². The van der Waals surface area contributed by atoms with E-state index in [4.69, 9.17) is 5.73 Å². The second kappa shape index (κ2) is 26.2. The lowest BCUT2D eigenvalue weighted by atomic mass is 10.0. The number of carbonyl (C=O) groups excluding carboxylic acids is 3. The molecule has 0 bridgehead atoms. The Hall–Kier alpha value is -1.71. The second-order valence-corrected chi connectivity index (χ2v) is 11.9. The first-order valence-corrected chi connectivity index (χ1v) is 16.3. The standard InChI is InChI=1S/C31H63N5O4/c1-4-5-6-7-8-9-10-11-12-13-14-15-16-17-18-19-20-21-30(38)34-26-25-33-29(24-27-36(2,3)40)35-31(39)23-22-28(32)37/h29,33H,4-27H2,1-3H3,(H2,32,37)(H,34,38)(H,35,39). The van der Waals surface area contributed by atoms with Crippen LogP contribution < -0.4 is 21.7 Å². The Morgan fingerprint density at radius 2 is 1.15 bits per heavy atom. The molecular formula is C31H63N5O4. The fourth-order valence-corrected chi connectivity index (χ4v) is 4.72. The number of carbonyl (C=O) groups is 3. The molecule has 0 spiro atoms. The zero-order chi connectivity index (χ0) is 29.9. The Balaban J connectivity index is 3.70. The van der Waals surface area contributed by atoms with Crippen molar-refractivity contribution in [3.05, 3.63) is 5.21 Å². The molecule has 0 aliphatic carbocycles. The van der Waals surface area contributed by atoms with E-state index in [9.17, 15) is 19.6 Å². The molecule has 0 saturated heterocycles. The van der Waals surface area contributed by atoms with Crippen molar-refractivity contribution in [2.75, 3.05) is 33.7 Å². The maximum absolute atomic E-state index is 12.1. The smallest absolute Gasteiger partial charge is 0.221 e. The molecule has 0 fully saturated rings. The van der Waals surface area contributed by atoms with Crippen molar-refractivity contribution >= 4 is 17.7 Å². The number of primary amides is 1. The van der Waals surface area contributed by atoms with Crippen LogP contribution in [0.25, 0.3) is 0 Å². The van der Waals surface area contributed by atoms with Crippen LogP contribution in [0, 0.1) is 5.21 Å². The summed E-state index contributed by atoms with van der Waals surface area (Å²) in [4.78, 5) is 35.1. The van der Waals surface area contributed by atoms with Crippen molar-refractivity contribution in [3.8, 4) is 0 Å². The van der Waals surface area contributed by atoms with Crippen LogP contribution in [0.4, 0.5) is 0 Å². The van der Waals surface area contributed by atoms with E-state index in [-0.39, 0.29) is 24.7 Å². The summed E-state index contributed by atoms with van der Waals surface area (Å²) in [7, 11) is 3.09. The van der Waals surface area contributed by atoms with Crippen LogP contribution in [0.15, 0.2) is 0 Å². The van der Waals surface area contributed by atoms with Crippen molar-refractivity contribution in [2.24, 2.45) is 5.73 Å². The summed E-state index contributed by atoms with van der Waals surface area (Å²) in [6, 6.07) is 0. The topological polar surface area (TPSA) is 136 Å². The molecule has 236 valence electrons. The normalized spacial score (nSPS) is 12.3. The predicted octanol–water partition coefficient (Wildman–Crippen LogP) is 5.41. The maximum Gasteiger partial charge on any atom is 0.221 e. The average Bonchev–Trinajstić information content (AvgIpc) is 2.89. The minimum Gasteiger partial charge on any atom is -0.633 e. The number of hydroxylamine groups is 3. The highest BCUT2D eigenvalue weighted by molar-refractivity contribution is 5.82. The molecule has 40 heavy (non-hydrogen) atoms. The molecule has 0 radical (unpaired) electrons. The SMILES string of the molecule is CCCCCCCCCCCCCCCCCCCC(=O)NCCNC(CC[N+](C)(C)[O-])NC(=O)CCC(N)=O. The van der Waals surface area contributed by atoms with Crippen LogP contribution in [0.2, 0.25) is 0 Å². The Bertz CT molecular complexity index is 640. The molecule has 0 heterocycles. The highest BCUT2D eigenvalue weighted by Gasteiger charge is 2.15. The highest BCUT2D eigenvalue weighted by atomic mass is 16.5. The summed E-state index contributed by atoms with van der Waals surface area (Å²) in [6.07, 6.45) is 23.0. The third-order valence-corrected chi connectivity index (χ3v) is 7.24. The lowest BCUT2D eigenvalue weighted by Gasteiger charge is -2.35. The third kappa shape index (κ3) is 29.3. The molecule has 0 aromatic heterocycles. The second-order valence-electron chi connectivity index (χ2n) is 11.9. The highest BCUT2D eigenvalue weighted by Crippen LogP contribution is 2.14. The molecule has 1 atom stereocenters. The van der Waals surface area contributed by atoms with Crippen molar-refractivity contribution in [3.63, 3.8) is 0 Å². The Kier molecular flexibility index (Phi) is 25.1. The first-order valence-electron chi connectivity index (χ1n) is 16.3. The molecule has 0 rings (SSSR count). The fourth-order valence-electron chi connectivity index (χ4n) is 4.72. The van der Waals surface area contributed by atoms with Crippen molar-refractivity contribution in [2.45, 2.75) is 148 Å². The Labute approximate surface area is 245 Å². The first kappa shape index (κ1) is 38.3. The number of hydrogen-bond acceptors (Lipinski definition) is 5. The van der Waals surface area contributed by atoms with Crippen LogP contribution in [-0.2, 0) is 14.4 Å². The minimum absolute atomic E-state index is 0.0131. The Morgan fingerprint density at radius 3 is 1.60 bits per heavy atom. The number of rotatable bonds is 29. The van der Waals surface area contributed by atoms with E-state index < -0.39 is 16.7 Å². The van der Waals surface area contributed by atoms with Gasteiger partial charge in [-0.2, -0.15) is 0 Å². The lowest BCUT2D eigenvalue weighted by molar-refractivity contribution is -0.840. The van der Waals surface area contributed by atoms with E-state index in [1.807, 2.05) is 0 Å². The van der Waals surface area contributed by atoms with Crippen molar-refractivity contribution in [1.29, 1.82) is 0 Å². The predicted molar refractivity (Wildman–Crippen MR) is 165 cm³/mol. The van der Waals surface area contributed by atoms with Gasteiger partial charge >= 0.3 is 0 Å². The summed E-state index contributed by atoms with van der Waals surface area (Å²) >= 11 is 0. The molecule has 0 saturated carbocycles. The number of nitrogens with zero attached hydrogens (tertiary/aromatic N) is 1. The van der Waals surface area contributed by atoms with Crippen LogP contribution >= 0.6 is 0 Å². The molecular weight excluding hydrogens is 506 g/mol. The van der Waals surface area contributed by atoms with E-state index >= 15 is 0 Å². The van der Waals surface area contributed by atoms with Crippen LogP contribution in [0.3, 0.4) is 0 Å². The van der Waals surface area contributed by atoms with Gasteiger partial charge in [0, 0.05) is 38.8 Å². The molecule has 3 amide bonds. The van der Waals surface area contributed by atoms with E-state index in [1.54, 1.807) is 14.1 Å². The molecule has 0 aromatic rings. The number of hydrogen-bond donors (Lipinski definition) is 4. The first-order chi connectivity index (χ1) is 19.1. The molecule has 9 nitrogen and oxygen atoms in total. The average molecular weight is 570 g/mol. The maximum atomic E-state index is 12.1. The lowest BCUT2D eigenvalue weighted by Crippen LogP contribution is -2.50. The van der Waals surface area contributed by atoms with Crippen LogP contribution in [0.5, 0.6) is 0 Å². The summed E-state index contributed by atoms with van der Waals surface area (Å²) < 4.78 is -0.467. The number of nitrogens with one attached hydrogen (secondary N) is 3. The van der Waals surface area contributed by atoms with Gasteiger partial charge in [-0.1, -0.05) is 110 Å². The van der Waals surface area contributed by atoms with Crippen molar-refractivity contribution < 1.29 is 19.0 Å². The molecule has 5 N–H and O–H groups in total. The molecule has 0 aromatic carbocycles. The van der Waals surface area contributed by atoms with Gasteiger partial charge in [0.1, 0.15) is 0 Å². The molecule has 0 aliphatic heterocycles. The quantitative estimate of drug-likeness (QED) is 0.0413. The summed E-state index contributed by atoms with van der Waals surface area (Å²) in [5, 5.41) is 20.8. The van der Waals surface area contributed by atoms with Gasteiger partial charge in [0.05, 0.1) is 26.8 Å². The van der Waals surface area contributed by atoms with E-state index in [2.05, 4.69) is 22.9 Å². The molecule has 1 unspecified atom stereocenters. The van der Waals surface area contributed by atoms with Gasteiger partial charge in [-0.15, -0.1) is 0 Å². The van der Waals surface area contributed by atoms with E-state index in [0.29, 0.717) is 32.5 Å². The minimum atomic E-state index is -0.528. The van der Waals surface area contributed by atoms with Crippen LogP contribution in [0.1, 0.15) is 142 Å². The summed E-state index contributed by atoms with van der Waals surface area (Å²) in [6.45, 7) is 3.51. The molecule has 0 aliphatic rings. The van der Waals surface area contributed by atoms with Gasteiger partial charge in [-0.3, -0.25) is 19.7 Å². The van der Waals surface area contributed by atoms with Crippen molar-refractivity contribution in [1.82, 2.24) is 16.0 Å². The number of unbranched alkanes of at least 4 members (excludes halogenated alkanes) is 16. The van der Waals surface area contributed by atoms with E-state index in [0.717, 1.165) is 12.8 Å². The molecule has 9 heteroatoms. The number of quaternary nitrogens is 1. The zero-order valence-electron chi connectivity index (χ0n) is 26.2.